The molecule has 2 rings (SSSR count). The molecule has 1 aromatic carbocycles. The molecule has 19 heavy (non-hydrogen) atoms. The summed E-state index contributed by atoms with van der Waals surface area (Å²) in [5.74, 6) is 0.360. The zero-order valence-corrected chi connectivity index (χ0v) is 11.0. The van der Waals surface area contributed by atoms with Crippen LogP contribution in [0.2, 0.25) is 5.15 Å². The van der Waals surface area contributed by atoms with E-state index in [-0.39, 0.29) is 16.7 Å². The van der Waals surface area contributed by atoms with E-state index in [0.717, 1.165) is 12.1 Å². The number of aromatic nitrogens is 2. The lowest BCUT2D eigenvalue weighted by Crippen LogP contribution is -2.16. The minimum absolute atomic E-state index is 0.149. The maximum atomic E-state index is 12.7. The van der Waals surface area contributed by atoms with Gasteiger partial charge < -0.3 is 5.32 Å². The van der Waals surface area contributed by atoms with E-state index in [4.69, 9.17) is 11.6 Å². The van der Waals surface area contributed by atoms with Gasteiger partial charge in [0.1, 0.15) is 11.0 Å². The number of hydrogen-bond donors (Lipinski definition) is 1. The first-order valence-corrected chi connectivity index (χ1v) is 5.92. The number of benzene rings is 1. The maximum Gasteiger partial charge on any atom is 0.416 e. The molecule has 0 bridgehead atoms. The van der Waals surface area contributed by atoms with Crippen LogP contribution in [0.4, 0.5) is 13.2 Å². The molecule has 1 aromatic heterocycles. The fourth-order valence-electron chi connectivity index (χ4n) is 1.61. The van der Waals surface area contributed by atoms with Gasteiger partial charge in [-0.1, -0.05) is 11.6 Å². The van der Waals surface area contributed by atoms with Crippen LogP contribution in [0.1, 0.15) is 24.4 Å². The van der Waals surface area contributed by atoms with Gasteiger partial charge in [0.15, 0.2) is 0 Å². The SMILES string of the molecule is CNC(C)c1nc(Cl)c2ccc(C(F)(F)F)cc2n1. The summed E-state index contributed by atoms with van der Waals surface area (Å²) >= 11 is 5.97. The van der Waals surface area contributed by atoms with E-state index in [2.05, 4.69) is 15.3 Å². The lowest BCUT2D eigenvalue weighted by molar-refractivity contribution is -0.137. The molecule has 0 fully saturated rings. The molecular formula is C12H11ClF3N3. The second-order valence-electron chi connectivity index (χ2n) is 4.11. The van der Waals surface area contributed by atoms with Crippen molar-refractivity contribution in [2.24, 2.45) is 0 Å². The predicted octanol–water partition coefficient (Wildman–Crippen LogP) is 3.58. The fraction of sp³-hybridized carbons (Fsp3) is 0.333. The van der Waals surface area contributed by atoms with Gasteiger partial charge in [0, 0.05) is 5.39 Å². The zero-order chi connectivity index (χ0) is 14.2. The number of rotatable bonds is 2. The lowest BCUT2D eigenvalue weighted by atomic mass is 10.1. The van der Waals surface area contributed by atoms with Crippen molar-refractivity contribution in [1.82, 2.24) is 15.3 Å². The third-order valence-corrected chi connectivity index (χ3v) is 3.10. The monoisotopic (exact) mass is 289 g/mol. The van der Waals surface area contributed by atoms with E-state index in [1.165, 1.54) is 6.07 Å². The average molecular weight is 290 g/mol. The van der Waals surface area contributed by atoms with E-state index in [9.17, 15) is 13.2 Å². The topological polar surface area (TPSA) is 37.8 Å². The van der Waals surface area contributed by atoms with Crippen LogP contribution in [0.15, 0.2) is 18.2 Å². The minimum atomic E-state index is -4.40. The highest BCUT2D eigenvalue weighted by Crippen LogP contribution is 2.32. The summed E-state index contributed by atoms with van der Waals surface area (Å²) in [5, 5.41) is 3.47. The first kappa shape index (κ1) is 14.0. The van der Waals surface area contributed by atoms with E-state index in [0.29, 0.717) is 11.2 Å². The molecule has 2 aromatic rings. The van der Waals surface area contributed by atoms with Crippen molar-refractivity contribution in [3.05, 3.63) is 34.7 Å². The van der Waals surface area contributed by atoms with E-state index < -0.39 is 11.7 Å². The Morgan fingerprint density at radius 3 is 2.53 bits per heavy atom. The molecule has 0 saturated heterocycles. The summed E-state index contributed by atoms with van der Waals surface area (Å²) in [4.78, 5) is 8.20. The van der Waals surface area contributed by atoms with Crippen LogP contribution < -0.4 is 5.32 Å². The van der Waals surface area contributed by atoms with Gasteiger partial charge in [-0.2, -0.15) is 13.2 Å². The predicted molar refractivity (Wildman–Crippen MR) is 67.0 cm³/mol. The molecule has 1 atom stereocenters. The van der Waals surface area contributed by atoms with Gasteiger partial charge in [-0.15, -0.1) is 0 Å². The summed E-state index contributed by atoms with van der Waals surface area (Å²) in [7, 11) is 1.71. The molecule has 0 spiro atoms. The quantitative estimate of drug-likeness (QED) is 0.859. The third kappa shape index (κ3) is 2.79. The largest absolute Gasteiger partial charge is 0.416 e. The molecular weight excluding hydrogens is 279 g/mol. The average Bonchev–Trinajstić information content (AvgIpc) is 2.36. The maximum absolute atomic E-state index is 12.7. The van der Waals surface area contributed by atoms with Crippen LogP contribution in [0.25, 0.3) is 10.9 Å². The highest BCUT2D eigenvalue weighted by molar-refractivity contribution is 6.34. The molecule has 1 heterocycles. The van der Waals surface area contributed by atoms with Gasteiger partial charge in [0.05, 0.1) is 17.1 Å². The van der Waals surface area contributed by atoms with Crippen molar-refractivity contribution in [3.8, 4) is 0 Å². The summed E-state index contributed by atoms with van der Waals surface area (Å²) in [6.07, 6.45) is -4.40. The van der Waals surface area contributed by atoms with Crippen LogP contribution in [0.5, 0.6) is 0 Å². The molecule has 0 aliphatic carbocycles. The van der Waals surface area contributed by atoms with Crippen molar-refractivity contribution in [2.45, 2.75) is 19.1 Å². The molecule has 3 nitrogen and oxygen atoms in total. The number of fused-ring (bicyclic) bond motifs is 1. The molecule has 0 saturated carbocycles. The van der Waals surface area contributed by atoms with E-state index in [1.807, 2.05) is 0 Å². The molecule has 0 aliphatic rings. The van der Waals surface area contributed by atoms with Crippen molar-refractivity contribution < 1.29 is 13.2 Å². The Kier molecular flexibility index (Phi) is 3.64. The Balaban J connectivity index is 2.63. The number of nitrogens with one attached hydrogen (secondary N) is 1. The molecule has 1 N–H and O–H groups in total. The Morgan fingerprint density at radius 1 is 1.26 bits per heavy atom. The van der Waals surface area contributed by atoms with Crippen LogP contribution in [-0.2, 0) is 6.18 Å². The Labute approximate surface area is 112 Å². The summed E-state index contributed by atoms with van der Waals surface area (Å²) < 4.78 is 38.0. The van der Waals surface area contributed by atoms with Gasteiger partial charge in [-0.3, -0.25) is 0 Å². The first-order chi connectivity index (χ1) is 8.82. The molecule has 7 heteroatoms. The lowest BCUT2D eigenvalue weighted by Gasteiger charge is -2.12. The van der Waals surface area contributed by atoms with Crippen LogP contribution >= 0.6 is 11.6 Å². The minimum Gasteiger partial charge on any atom is -0.311 e. The van der Waals surface area contributed by atoms with Crippen LogP contribution in [0, 0.1) is 0 Å². The summed E-state index contributed by atoms with van der Waals surface area (Å²) in [6.45, 7) is 1.80. The third-order valence-electron chi connectivity index (χ3n) is 2.82. The van der Waals surface area contributed by atoms with Crippen LogP contribution in [0.3, 0.4) is 0 Å². The van der Waals surface area contributed by atoms with Crippen molar-refractivity contribution >= 4 is 22.5 Å². The van der Waals surface area contributed by atoms with Crippen LogP contribution in [-0.4, -0.2) is 17.0 Å². The van der Waals surface area contributed by atoms with Crippen molar-refractivity contribution in [1.29, 1.82) is 0 Å². The van der Waals surface area contributed by atoms with Gasteiger partial charge in [0.2, 0.25) is 0 Å². The molecule has 102 valence electrons. The number of hydrogen-bond acceptors (Lipinski definition) is 3. The molecule has 0 radical (unpaired) electrons. The van der Waals surface area contributed by atoms with Crippen molar-refractivity contribution in [2.75, 3.05) is 7.05 Å². The Hall–Kier alpha value is -1.40. The van der Waals surface area contributed by atoms with Gasteiger partial charge in [-0.25, -0.2) is 9.97 Å². The van der Waals surface area contributed by atoms with Gasteiger partial charge >= 0.3 is 6.18 Å². The first-order valence-electron chi connectivity index (χ1n) is 5.54. The standard InChI is InChI=1S/C12H11ClF3N3/c1-6(17-2)11-18-9-5-7(12(14,15)16)3-4-8(9)10(13)19-11/h3-6,17H,1-2H3. The molecule has 1 unspecified atom stereocenters. The zero-order valence-electron chi connectivity index (χ0n) is 10.2. The van der Waals surface area contributed by atoms with E-state index >= 15 is 0 Å². The fourth-order valence-corrected chi connectivity index (χ4v) is 1.85. The number of halogens is 4. The molecule has 0 aliphatic heterocycles. The Bertz CT molecular complexity index is 613. The van der Waals surface area contributed by atoms with Gasteiger partial charge in [-0.05, 0) is 32.2 Å². The Morgan fingerprint density at radius 2 is 1.95 bits per heavy atom. The normalized spacial score (nSPS) is 13.8. The van der Waals surface area contributed by atoms with E-state index in [1.54, 1.807) is 14.0 Å². The highest BCUT2D eigenvalue weighted by atomic mass is 35.5. The van der Waals surface area contributed by atoms with Gasteiger partial charge in [0.25, 0.3) is 0 Å². The summed E-state index contributed by atoms with van der Waals surface area (Å²) in [6, 6.07) is 3.04. The van der Waals surface area contributed by atoms with Crippen molar-refractivity contribution in [3.63, 3.8) is 0 Å². The molecule has 0 amide bonds. The summed E-state index contributed by atoms with van der Waals surface area (Å²) in [5.41, 5.74) is -0.565. The second-order valence-corrected chi connectivity index (χ2v) is 4.47. The highest BCUT2D eigenvalue weighted by Gasteiger charge is 2.30. The second kappa shape index (κ2) is 4.94. The smallest absolute Gasteiger partial charge is 0.311 e. The number of alkyl halides is 3. The number of nitrogens with zero attached hydrogens (tertiary/aromatic N) is 2.